The molecule has 0 radical (unpaired) electrons. The van der Waals surface area contributed by atoms with Crippen molar-refractivity contribution in [2.45, 2.75) is 26.2 Å². The van der Waals surface area contributed by atoms with E-state index in [2.05, 4.69) is 12.2 Å². The van der Waals surface area contributed by atoms with E-state index in [1.165, 1.54) is 19.3 Å². The van der Waals surface area contributed by atoms with Gasteiger partial charge in [0, 0.05) is 22.8 Å². The zero-order chi connectivity index (χ0) is 13.1. The van der Waals surface area contributed by atoms with E-state index in [4.69, 9.17) is 29.6 Å². The van der Waals surface area contributed by atoms with Crippen LogP contribution >= 0.6 is 23.8 Å². The lowest BCUT2D eigenvalue weighted by Crippen LogP contribution is -2.19. The molecule has 1 aromatic carbocycles. The minimum atomic E-state index is 0.388. The monoisotopic (exact) mass is 282 g/mol. The Labute approximate surface area is 119 Å². The molecular formula is C14H19ClN2S. The average molecular weight is 283 g/mol. The summed E-state index contributed by atoms with van der Waals surface area (Å²) in [4.78, 5) is 0.388. The van der Waals surface area contributed by atoms with Gasteiger partial charge < -0.3 is 11.1 Å². The third-order valence-corrected chi connectivity index (χ3v) is 4.30. The molecule has 0 saturated heterocycles. The lowest BCUT2D eigenvalue weighted by molar-refractivity contribution is 0.439. The predicted molar refractivity (Wildman–Crippen MR) is 82.3 cm³/mol. The number of rotatable bonds is 4. The summed E-state index contributed by atoms with van der Waals surface area (Å²) in [5, 5.41) is 4.13. The minimum Gasteiger partial charge on any atom is -0.389 e. The van der Waals surface area contributed by atoms with E-state index in [0.29, 0.717) is 10.0 Å². The summed E-state index contributed by atoms with van der Waals surface area (Å²) < 4.78 is 0. The Morgan fingerprint density at radius 1 is 1.50 bits per heavy atom. The molecule has 2 rings (SSSR count). The number of hydrogen-bond donors (Lipinski definition) is 2. The Bertz CT molecular complexity index is 447. The summed E-state index contributed by atoms with van der Waals surface area (Å²) in [6, 6.07) is 5.64. The van der Waals surface area contributed by atoms with Crippen molar-refractivity contribution in [2.75, 3.05) is 11.9 Å². The summed E-state index contributed by atoms with van der Waals surface area (Å²) in [6.45, 7) is 3.31. The van der Waals surface area contributed by atoms with Gasteiger partial charge in [0.15, 0.2) is 0 Å². The van der Waals surface area contributed by atoms with E-state index in [-0.39, 0.29) is 0 Å². The smallest absolute Gasteiger partial charge is 0.106 e. The summed E-state index contributed by atoms with van der Waals surface area (Å²) in [5.74, 6) is 1.55. The number of anilines is 1. The van der Waals surface area contributed by atoms with Crippen LogP contribution in [0.2, 0.25) is 5.02 Å². The van der Waals surface area contributed by atoms with Gasteiger partial charge in [-0.15, -0.1) is 0 Å². The molecule has 1 aliphatic rings. The fourth-order valence-electron chi connectivity index (χ4n) is 2.64. The van der Waals surface area contributed by atoms with Crippen LogP contribution in [0.1, 0.15) is 31.7 Å². The molecule has 4 heteroatoms. The van der Waals surface area contributed by atoms with Crippen molar-refractivity contribution >= 4 is 34.5 Å². The first-order chi connectivity index (χ1) is 8.58. The molecule has 1 saturated carbocycles. The highest BCUT2D eigenvalue weighted by Crippen LogP contribution is 2.31. The van der Waals surface area contributed by atoms with E-state index in [1.54, 1.807) is 0 Å². The van der Waals surface area contributed by atoms with E-state index >= 15 is 0 Å². The molecular weight excluding hydrogens is 264 g/mol. The quantitative estimate of drug-likeness (QED) is 0.825. The second-order valence-electron chi connectivity index (χ2n) is 5.10. The van der Waals surface area contributed by atoms with Gasteiger partial charge in [-0.25, -0.2) is 0 Å². The maximum absolute atomic E-state index is 5.97. The lowest BCUT2D eigenvalue weighted by atomic mass is 9.98. The molecule has 98 valence electrons. The van der Waals surface area contributed by atoms with Crippen LogP contribution in [0.15, 0.2) is 18.2 Å². The van der Waals surface area contributed by atoms with Crippen molar-refractivity contribution in [3.8, 4) is 0 Å². The molecule has 0 aromatic heterocycles. The normalized spacial score (nSPS) is 23.0. The molecule has 0 amide bonds. The summed E-state index contributed by atoms with van der Waals surface area (Å²) >= 11 is 11.0. The van der Waals surface area contributed by atoms with Crippen LogP contribution in [0.3, 0.4) is 0 Å². The Kier molecular flexibility index (Phi) is 4.46. The minimum absolute atomic E-state index is 0.388. The summed E-state index contributed by atoms with van der Waals surface area (Å²) in [6.07, 6.45) is 4.00. The molecule has 18 heavy (non-hydrogen) atoms. The van der Waals surface area contributed by atoms with Gasteiger partial charge in [-0.2, -0.15) is 0 Å². The topological polar surface area (TPSA) is 38.0 Å². The lowest BCUT2D eigenvalue weighted by Gasteiger charge is -2.18. The van der Waals surface area contributed by atoms with Gasteiger partial charge in [0.1, 0.15) is 4.99 Å². The largest absolute Gasteiger partial charge is 0.389 e. The van der Waals surface area contributed by atoms with Crippen molar-refractivity contribution in [3.05, 3.63) is 28.8 Å². The van der Waals surface area contributed by atoms with Gasteiger partial charge in [-0.3, -0.25) is 0 Å². The van der Waals surface area contributed by atoms with Crippen LogP contribution in [-0.2, 0) is 0 Å². The zero-order valence-electron chi connectivity index (χ0n) is 10.6. The van der Waals surface area contributed by atoms with Crippen molar-refractivity contribution in [1.29, 1.82) is 0 Å². The Balaban J connectivity index is 2.06. The number of nitrogens with one attached hydrogen (secondary N) is 1. The van der Waals surface area contributed by atoms with Crippen LogP contribution in [0.25, 0.3) is 0 Å². The van der Waals surface area contributed by atoms with E-state index in [0.717, 1.165) is 29.6 Å². The number of hydrogen-bond acceptors (Lipinski definition) is 2. The Hall–Kier alpha value is -0.800. The third-order valence-electron chi connectivity index (χ3n) is 3.84. The summed E-state index contributed by atoms with van der Waals surface area (Å²) in [5.41, 5.74) is 7.56. The first-order valence-corrected chi connectivity index (χ1v) is 7.20. The van der Waals surface area contributed by atoms with Crippen LogP contribution in [0.4, 0.5) is 5.69 Å². The highest BCUT2D eigenvalue weighted by molar-refractivity contribution is 7.80. The first-order valence-electron chi connectivity index (χ1n) is 6.41. The molecule has 2 nitrogen and oxygen atoms in total. The number of halogens is 1. The van der Waals surface area contributed by atoms with Gasteiger partial charge in [0.05, 0.1) is 0 Å². The van der Waals surface area contributed by atoms with Crippen LogP contribution in [-0.4, -0.2) is 11.5 Å². The predicted octanol–water partition coefficient (Wildman–Crippen LogP) is 3.82. The molecule has 2 unspecified atom stereocenters. The second-order valence-corrected chi connectivity index (χ2v) is 5.98. The molecule has 1 aromatic rings. The molecule has 2 atom stereocenters. The van der Waals surface area contributed by atoms with Crippen molar-refractivity contribution < 1.29 is 0 Å². The molecule has 0 bridgehead atoms. The Morgan fingerprint density at radius 3 is 2.89 bits per heavy atom. The van der Waals surface area contributed by atoms with Gasteiger partial charge in [0.25, 0.3) is 0 Å². The highest BCUT2D eigenvalue weighted by atomic mass is 35.5. The van der Waals surface area contributed by atoms with Crippen LogP contribution in [0, 0.1) is 11.8 Å². The van der Waals surface area contributed by atoms with Gasteiger partial charge in [-0.1, -0.05) is 43.6 Å². The maximum Gasteiger partial charge on any atom is 0.106 e. The van der Waals surface area contributed by atoms with Gasteiger partial charge >= 0.3 is 0 Å². The summed E-state index contributed by atoms with van der Waals surface area (Å²) in [7, 11) is 0. The fourth-order valence-corrected chi connectivity index (χ4v) is 2.98. The third kappa shape index (κ3) is 3.15. The molecule has 3 N–H and O–H groups in total. The number of nitrogens with two attached hydrogens (primary N) is 1. The van der Waals surface area contributed by atoms with E-state index in [9.17, 15) is 0 Å². The standard InChI is InChI=1S/C14H19ClN2S/c1-9-3-2-4-10(9)8-17-13-6-5-11(15)7-12(13)14(16)18/h5-7,9-10,17H,2-4,8H2,1H3,(H2,16,18). The van der Waals surface area contributed by atoms with Crippen molar-refractivity contribution in [1.82, 2.24) is 0 Å². The van der Waals surface area contributed by atoms with Crippen molar-refractivity contribution in [2.24, 2.45) is 17.6 Å². The molecule has 1 fully saturated rings. The fraction of sp³-hybridized carbons (Fsp3) is 0.500. The second kappa shape index (κ2) is 5.89. The van der Waals surface area contributed by atoms with E-state index < -0.39 is 0 Å². The molecule has 1 aliphatic carbocycles. The highest BCUT2D eigenvalue weighted by Gasteiger charge is 2.23. The Morgan fingerprint density at radius 2 is 2.28 bits per heavy atom. The van der Waals surface area contributed by atoms with Crippen LogP contribution < -0.4 is 11.1 Å². The number of benzene rings is 1. The first kappa shape index (κ1) is 13.6. The number of thiocarbonyl (C=S) groups is 1. The average Bonchev–Trinajstić information content (AvgIpc) is 2.73. The molecule has 0 aliphatic heterocycles. The van der Waals surface area contributed by atoms with Gasteiger partial charge in [-0.05, 0) is 36.5 Å². The molecule has 0 heterocycles. The SMILES string of the molecule is CC1CCCC1CNc1ccc(Cl)cc1C(N)=S. The van der Waals surface area contributed by atoms with E-state index in [1.807, 2.05) is 18.2 Å². The zero-order valence-corrected chi connectivity index (χ0v) is 12.2. The maximum atomic E-state index is 5.97. The molecule has 0 spiro atoms. The van der Waals surface area contributed by atoms with Crippen LogP contribution in [0.5, 0.6) is 0 Å². The van der Waals surface area contributed by atoms with Gasteiger partial charge in [0.2, 0.25) is 0 Å². The van der Waals surface area contributed by atoms with Crippen molar-refractivity contribution in [3.63, 3.8) is 0 Å².